The number of aryl methyl sites for hydroxylation is 1. The quantitative estimate of drug-likeness (QED) is 0.169. The third-order valence-electron chi connectivity index (χ3n) is 11.5. The highest BCUT2D eigenvalue weighted by atomic mass is 15.2. The van der Waals surface area contributed by atoms with Gasteiger partial charge in [0.1, 0.15) is 0 Å². The van der Waals surface area contributed by atoms with Crippen LogP contribution in [-0.4, -0.2) is 0 Å². The van der Waals surface area contributed by atoms with Crippen molar-refractivity contribution in [2.24, 2.45) is 0 Å². The predicted molar refractivity (Wildman–Crippen MR) is 223 cm³/mol. The van der Waals surface area contributed by atoms with Crippen LogP contribution >= 0.6 is 0 Å². The molecule has 10 rings (SSSR count). The van der Waals surface area contributed by atoms with Crippen molar-refractivity contribution in [3.63, 3.8) is 0 Å². The van der Waals surface area contributed by atoms with Gasteiger partial charge in [-0.3, -0.25) is 0 Å². The molecule has 0 N–H and O–H groups in total. The molecule has 2 aliphatic carbocycles. The molecular weight excluding hydrogens is 639 g/mol. The number of para-hydroxylation sites is 1. The van der Waals surface area contributed by atoms with Gasteiger partial charge in [0.25, 0.3) is 0 Å². The molecular formula is C52H39N. The molecule has 0 bridgehead atoms. The maximum Gasteiger partial charge on any atom is 0.0588 e. The molecule has 1 heteroatoms. The van der Waals surface area contributed by atoms with Gasteiger partial charge in [-0.1, -0.05) is 164 Å². The number of hydrogen-bond donors (Lipinski definition) is 0. The highest BCUT2D eigenvalue weighted by Crippen LogP contribution is 2.57. The maximum atomic E-state index is 2.69. The van der Waals surface area contributed by atoms with E-state index in [2.05, 4.69) is 195 Å². The van der Waals surface area contributed by atoms with Crippen LogP contribution in [0.4, 0.5) is 17.1 Å². The number of fused-ring (bicyclic) bond motifs is 6. The van der Waals surface area contributed by atoms with Crippen molar-refractivity contribution in [1.82, 2.24) is 0 Å². The lowest BCUT2D eigenvalue weighted by Crippen LogP contribution is -2.18. The van der Waals surface area contributed by atoms with E-state index < -0.39 is 0 Å². The Kier molecular flexibility index (Phi) is 7.47. The fraction of sp³-hybridized carbons (Fsp3) is 0.0769. The van der Waals surface area contributed by atoms with Crippen molar-refractivity contribution in [3.05, 3.63) is 209 Å². The second-order valence-electron chi connectivity index (χ2n) is 14.5. The Morgan fingerprint density at radius 3 is 1.43 bits per heavy atom. The van der Waals surface area contributed by atoms with Gasteiger partial charge < -0.3 is 4.90 Å². The standard InChI is InChI=1S/C52H39N/c1-34-30-45-41-26-14-12-24-39(41)31-47(45)51(35(34)2)53(49-29-17-16-28-43(49)36-18-6-3-7-19-36)52-48-32-40-25-13-15-27-42(40)46(48)33-44(37-20-8-4-9-21-37)50(52)38-22-10-5-11-23-38/h3-30,33H,31-32H2,1-2H3. The minimum absolute atomic E-state index is 0.868. The summed E-state index contributed by atoms with van der Waals surface area (Å²) in [5.41, 5.74) is 24.6. The second-order valence-corrected chi connectivity index (χ2v) is 14.5. The Morgan fingerprint density at radius 1 is 0.377 bits per heavy atom. The highest BCUT2D eigenvalue weighted by molar-refractivity contribution is 6.06. The summed E-state index contributed by atoms with van der Waals surface area (Å²) in [6, 6.07) is 65.0. The van der Waals surface area contributed by atoms with Crippen molar-refractivity contribution in [2.45, 2.75) is 26.7 Å². The summed E-state index contributed by atoms with van der Waals surface area (Å²) in [5, 5.41) is 0. The molecule has 0 amide bonds. The van der Waals surface area contributed by atoms with Gasteiger partial charge in [-0.25, -0.2) is 0 Å². The molecule has 0 saturated carbocycles. The first-order valence-electron chi connectivity index (χ1n) is 18.7. The lowest BCUT2D eigenvalue weighted by molar-refractivity contribution is 1.14. The van der Waals surface area contributed by atoms with Crippen LogP contribution in [0, 0.1) is 13.8 Å². The molecule has 0 spiro atoms. The molecule has 8 aromatic rings. The van der Waals surface area contributed by atoms with Crippen LogP contribution in [0.15, 0.2) is 176 Å². The third-order valence-corrected chi connectivity index (χ3v) is 11.5. The molecule has 2 aliphatic rings. The van der Waals surface area contributed by atoms with Gasteiger partial charge in [0.15, 0.2) is 0 Å². The summed E-state index contributed by atoms with van der Waals surface area (Å²) in [6.45, 7) is 4.63. The van der Waals surface area contributed by atoms with Crippen molar-refractivity contribution in [2.75, 3.05) is 4.90 Å². The van der Waals surface area contributed by atoms with Crippen LogP contribution in [0.3, 0.4) is 0 Å². The van der Waals surface area contributed by atoms with Crippen LogP contribution in [-0.2, 0) is 12.8 Å². The Hall–Kier alpha value is -6.44. The van der Waals surface area contributed by atoms with Crippen molar-refractivity contribution < 1.29 is 0 Å². The Morgan fingerprint density at radius 2 is 0.830 bits per heavy atom. The first-order valence-corrected chi connectivity index (χ1v) is 18.7. The van der Waals surface area contributed by atoms with Crippen LogP contribution in [0.5, 0.6) is 0 Å². The van der Waals surface area contributed by atoms with Crippen molar-refractivity contribution >= 4 is 17.1 Å². The van der Waals surface area contributed by atoms with Gasteiger partial charge >= 0.3 is 0 Å². The smallest absolute Gasteiger partial charge is 0.0588 e. The number of nitrogens with zero attached hydrogens (tertiary/aromatic N) is 1. The van der Waals surface area contributed by atoms with Crippen LogP contribution < -0.4 is 4.90 Å². The normalized spacial score (nSPS) is 12.2. The molecule has 0 saturated heterocycles. The molecule has 0 unspecified atom stereocenters. The van der Waals surface area contributed by atoms with E-state index in [1.807, 2.05) is 0 Å². The molecule has 53 heavy (non-hydrogen) atoms. The minimum Gasteiger partial charge on any atom is -0.308 e. The average Bonchev–Trinajstić information content (AvgIpc) is 3.78. The highest BCUT2D eigenvalue weighted by Gasteiger charge is 2.35. The van der Waals surface area contributed by atoms with Crippen LogP contribution in [0.1, 0.15) is 33.4 Å². The zero-order valence-electron chi connectivity index (χ0n) is 30.1. The van der Waals surface area contributed by atoms with E-state index in [4.69, 9.17) is 0 Å². The van der Waals surface area contributed by atoms with E-state index in [0.29, 0.717) is 0 Å². The SMILES string of the molecule is Cc1cc2c(c(N(c3ccccc3-c3ccccc3)c3c4c(cc(-c5ccccc5)c3-c3ccccc3)-c3ccccc3C4)c1C)Cc1ccccc1-2. The number of rotatable bonds is 6. The van der Waals surface area contributed by atoms with E-state index >= 15 is 0 Å². The number of anilines is 3. The first-order chi connectivity index (χ1) is 26.2. The van der Waals surface area contributed by atoms with E-state index in [9.17, 15) is 0 Å². The molecule has 0 radical (unpaired) electrons. The van der Waals surface area contributed by atoms with Crippen molar-refractivity contribution in [3.8, 4) is 55.6 Å². The first kappa shape index (κ1) is 31.3. The lowest BCUT2D eigenvalue weighted by atomic mass is 9.86. The minimum atomic E-state index is 0.868. The van der Waals surface area contributed by atoms with Crippen LogP contribution in [0.25, 0.3) is 55.6 Å². The van der Waals surface area contributed by atoms with Gasteiger partial charge in [-0.05, 0) is 104 Å². The van der Waals surface area contributed by atoms with Gasteiger partial charge in [0.05, 0.1) is 17.1 Å². The molecule has 0 aromatic heterocycles. The van der Waals surface area contributed by atoms with Gasteiger partial charge in [0.2, 0.25) is 0 Å². The number of benzene rings is 8. The van der Waals surface area contributed by atoms with Gasteiger partial charge in [0, 0.05) is 24.0 Å². The second kappa shape index (κ2) is 12.7. The Balaban J connectivity index is 1.40. The third kappa shape index (κ3) is 5.07. The summed E-state index contributed by atoms with van der Waals surface area (Å²) in [4.78, 5) is 2.69. The fourth-order valence-electron chi connectivity index (χ4n) is 8.93. The van der Waals surface area contributed by atoms with Gasteiger partial charge in [-0.2, -0.15) is 0 Å². The number of hydrogen-bond acceptors (Lipinski definition) is 1. The summed E-state index contributed by atoms with van der Waals surface area (Å²) < 4.78 is 0. The molecule has 8 aromatic carbocycles. The molecule has 252 valence electrons. The summed E-state index contributed by atoms with van der Waals surface area (Å²) in [6.07, 6.45) is 1.76. The average molecular weight is 678 g/mol. The monoisotopic (exact) mass is 677 g/mol. The van der Waals surface area contributed by atoms with E-state index in [0.717, 1.165) is 12.8 Å². The van der Waals surface area contributed by atoms with E-state index in [-0.39, 0.29) is 0 Å². The topological polar surface area (TPSA) is 3.24 Å². The zero-order valence-corrected chi connectivity index (χ0v) is 30.1. The molecule has 1 nitrogen and oxygen atoms in total. The maximum absolute atomic E-state index is 2.69. The summed E-state index contributed by atoms with van der Waals surface area (Å²) in [7, 11) is 0. The van der Waals surface area contributed by atoms with Gasteiger partial charge in [-0.15, -0.1) is 0 Å². The molecule has 0 aliphatic heterocycles. The van der Waals surface area contributed by atoms with Crippen LogP contribution in [0.2, 0.25) is 0 Å². The zero-order chi connectivity index (χ0) is 35.5. The summed E-state index contributed by atoms with van der Waals surface area (Å²) >= 11 is 0. The molecule has 0 fully saturated rings. The fourth-order valence-corrected chi connectivity index (χ4v) is 8.93. The lowest BCUT2D eigenvalue weighted by Gasteiger charge is -2.36. The van der Waals surface area contributed by atoms with Crippen molar-refractivity contribution in [1.29, 1.82) is 0 Å². The molecule has 0 atom stereocenters. The summed E-state index contributed by atoms with van der Waals surface area (Å²) in [5.74, 6) is 0. The Labute approximate surface area is 312 Å². The predicted octanol–water partition coefficient (Wildman–Crippen LogP) is 13.9. The largest absolute Gasteiger partial charge is 0.308 e. The Bertz CT molecular complexity index is 2670. The van der Waals surface area contributed by atoms with E-state index in [1.165, 1.54) is 106 Å². The van der Waals surface area contributed by atoms with E-state index in [1.54, 1.807) is 0 Å². The molecule has 0 heterocycles.